The number of rotatable bonds is 4. The molecule has 0 fully saturated rings. The van der Waals surface area contributed by atoms with Crippen molar-refractivity contribution in [3.8, 4) is 0 Å². The molecular weight excluding hydrogens is 230 g/mol. The van der Waals surface area contributed by atoms with Crippen LogP contribution in [0, 0.1) is 10.1 Å². The van der Waals surface area contributed by atoms with Crippen LogP contribution >= 0.6 is 0 Å². The van der Waals surface area contributed by atoms with Gasteiger partial charge < -0.3 is 5.73 Å². The number of nitrogens with two attached hydrogens (primary N) is 1. The molecule has 1 unspecified atom stereocenters. The lowest BCUT2D eigenvalue weighted by Gasteiger charge is -2.11. The fourth-order valence-electron chi connectivity index (χ4n) is 1.73. The van der Waals surface area contributed by atoms with Crippen LogP contribution in [-0.4, -0.2) is 9.91 Å². The summed E-state index contributed by atoms with van der Waals surface area (Å²) in [5, 5.41) is 10.7. The molecule has 5 heteroatoms. The molecule has 0 radical (unpaired) electrons. The smallest absolute Gasteiger partial charge is 0.272 e. The van der Waals surface area contributed by atoms with Crippen LogP contribution in [0.1, 0.15) is 17.3 Å². The quantitative estimate of drug-likeness (QED) is 0.659. The van der Waals surface area contributed by atoms with Crippen molar-refractivity contribution in [2.45, 2.75) is 12.5 Å². The number of nitrogens with zero attached hydrogens (tertiary/aromatic N) is 2. The second kappa shape index (κ2) is 5.37. The standard InChI is InChI=1S/C13H13N3O2/c14-13(10-4-2-1-3-5-10)9-11-8-12(16(17)18)6-7-15-11/h1-8,13H,9,14H2. The lowest BCUT2D eigenvalue weighted by atomic mass is 10.0. The maximum Gasteiger partial charge on any atom is 0.272 e. The van der Waals surface area contributed by atoms with Gasteiger partial charge in [0, 0.05) is 36.5 Å². The summed E-state index contributed by atoms with van der Waals surface area (Å²) in [6.45, 7) is 0. The van der Waals surface area contributed by atoms with Gasteiger partial charge in [-0.2, -0.15) is 0 Å². The van der Waals surface area contributed by atoms with Gasteiger partial charge in [-0.25, -0.2) is 0 Å². The predicted molar refractivity (Wildman–Crippen MR) is 68.0 cm³/mol. The topological polar surface area (TPSA) is 82.0 Å². The zero-order chi connectivity index (χ0) is 13.0. The zero-order valence-corrected chi connectivity index (χ0v) is 9.69. The van der Waals surface area contributed by atoms with Crippen LogP contribution in [0.25, 0.3) is 0 Å². The Bertz CT molecular complexity index is 543. The van der Waals surface area contributed by atoms with Gasteiger partial charge in [-0.05, 0) is 5.56 Å². The third-order valence-electron chi connectivity index (χ3n) is 2.67. The van der Waals surface area contributed by atoms with E-state index in [1.54, 1.807) is 0 Å². The van der Waals surface area contributed by atoms with E-state index in [2.05, 4.69) is 4.98 Å². The first-order valence-electron chi connectivity index (χ1n) is 5.56. The van der Waals surface area contributed by atoms with E-state index in [-0.39, 0.29) is 11.7 Å². The Balaban J connectivity index is 2.14. The third-order valence-corrected chi connectivity index (χ3v) is 2.67. The fourth-order valence-corrected chi connectivity index (χ4v) is 1.73. The Morgan fingerprint density at radius 2 is 2.00 bits per heavy atom. The van der Waals surface area contributed by atoms with Gasteiger partial charge in [0.05, 0.1) is 4.92 Å². The van der Waals surface area contributed by atoms with Crippen LogP contribution in [0.5, 0.6) is 0 Å². The summed E-state index contributed by atoms with van der Waals surface area (Å²) >= 11 is 0. The van der Waals surface area contributed by atoms with Crippen molar-refractivity contribution in [1.29, 1.82) is 0 Å². The van der Waals surface area contributed by atoms with E-state index in [9.17, 15) is 10.1 Å². The van der Waals surface area contributed by atoms with Crippen LogP contribution < -0.4 is 5.73 Å². The van der Waals surface area contributed by atoms with Gasteiger partial charge >= 0.3 is 0 Å². The number of nitro groups is 1. The first kappa shape index (κ1) is 12.2. The Morgan fingerprint density at radius 1 is 1.28 bits per heavy atom. The van der Waals surface area contributed by atoms with Gasteiger partial charge in [-0.1, -0.05) is 30.3 Å². The van der Waals surface area contributed by atoms with E-state index in [1.807, 2.05) is 30.3 Å². The highest BCUT2D eigenvalue weighted by atomic mass is 16.6. The third kappa shape index (κ3) is 2.89. The van der Waals surface area contributed by atoms with Crippen molar-refractivity contribution in [2.24, 2.45) is 5.73 Å². The van der Waals surface area contributed by atoms with Gasteiger partial charge in [0.15, 0.2) is 0 Å². The van der Waals surface area contributed by atoms with Gasteiger partial charge in [-0.15, -0.1) is 0 Å². The summed E-state index contributed by atoms with van der Waals surface area (Å²) in [6, 6.07) is 12.2. The van der Waals surface area contributed by atoms with Crippen molar-refractivity contribution in [2.75, 3.05) is 0 Å². The monoisotopic (exact) mass is 243 g/mol. The molecule has 0 bridgehead atoms. The number of pyridine rings is 1. The zero-order valence-electron chi connectivity index (χ0n) is 9.69. The number of aromatic nitrogens is 1. The Kier molecular flexibility index (Phi) is 3.64. The largest absolute Gasteiger partial charge is 0.324 e. The average molecular weight is 243 g/mol. The van der Waals surface area contributed by atoms with E-state index < -0.39 is 4.92 Å². The van der Waals surface area contributed by atoms with E-state index in [4.69, 9.17) is 5.73 Å². The van der Waals surface area contributed by atoms with Gasteiger partial charge in [0.1, 0.15) is 0 Å². The van der Waals surface area contributed by atoms with Crippen molar-refractivity contribution in [1.82, 2.24) is 4.98 Å². The number of hydrogen-bond donors (Lipinski definition) is 1. The predicted octanol–water partition coefficient (Wildman–Crippen LogP) is 2.23. The van der Waals surface area contributed by atoms with Crippen molar-refractivity contribution < 1.29 is 4.92 Å². The van der Waals surface area contributed by atoms with Crippen molar-refractivity contribution >= 4 is 5.69 Å². The van der Waals surface area contributed by atoms with Gasteiger partial charge in [0.25, 0.3) is 5.69 Å². The summed E-state index contributed by atoms with van der Waals surface area (Å²) in [7, 11) is 0. The molecule has 1 heterocycles. The average Bonchev–Trinajstić information content (AvgIpc) is 2.40. The van der Waals surface area contributed by atoms with E-state index in [0.29, 0.717) is 12.1 Å². The molecule has 0 spiro atoms. The lowest BCUT2D eigenvalue weighted by molar-refractivity contribution is -0.385. The van der Waals surface area contributed by atoms with Crippen molar-refractivity contribution in [3.05, 3.63) is 70.0 Å². The first-order chi connectivity index (χ1) is 8.66. The molecule has 92 valence electrons. The molecule has 0 aliphatic carbocycles. The Labute approximate surface area is 104 Å². The minimum absolute atomic E-state index is 0.0419. The molecule has 5 nitrogen and oxygen atoms in total. The minimum Gasteiger partial charge on any atom is -0.324 e. The molecule has 0 saturated heterocycles. The molecular formula is C13H13N3O2. The molecule has 2 rings (SSSR count). The highest BCUT2D eigenvalue weighted by Gasteiger charge is 2.11. The normalized spacial score (nSPS) is 12.1. The summed E-state index contributed by atoms with van der Waals surface area (Å²) in [6.07, 6.45) is 1.91. The highest BCUT2D eigenvalue weighted by molar-refractivity contribution is 5.30. The Hall–Kier alpha value is -2.27. The molecule has 0 aliphatic rings. The molecule has 2 aromatic rings. The SMILES string of the molecule is NC(Cc1cc([N+](=O)[O-])ccn1)c1ccccc1. The molecule has 0 saturated carbocycles. The lowest BCUT2D eigenvalue weighted by Crippen LogP contribution is -2.14. The van der Waals surface area contributed by atoms with E-state index in [0.717, 1.165) is 5.56 Å². The maximum absolute atomic E-state index is 10.7. The molecule has 2 N–H and O–H groups in total. The van der Waals surface area contributed by atoms with E-state index in [1.165, 1.54) is 18.3 Å². The fraction of sp³-hybridized carbons (Fsp3) is 0.154. The summed E-state index contributed by atoms with van der Waals surface area (Å²) < 4.78 is 0. The van der Waals surface area contributed by atoms with Crippen molar-refractivity contribution in [3.63, 3.8) is 0 Å². The van der Waals surface area contributed by atoms with Crippen LogP contribution in [0.4, 0.5) is 5.69 Å². The highest BCUT2D eigenvalue weighted by Crippen LogP contribution is 2.17. The van der Waals surface area contributed by atoms with Crippen LogP contribution in [0.2, 0.25) is 0 Å². The molecule has 1 aromatic heterocycles. The van der Waals surface area contributed by atoms with Crippen LogP contribution in [0.3, 0.4) is 0 Å². The maximum atomic E-state index is 10.7. The van der Waals surface area contributed by atoms with E-state index >= 15 is 0 Å². The number of benzene rings is 1. The number of hydrogen-bond acceptors (Lipinski definition) is 4. The summed E-state index contributed by atoms with van der Waals surface area (Å²) in [4.78, 5) is 14.3. The molecule has 18 heavy (non-hydrogen) atoms. The summed E-state index contributed by atoms with van der Waals surface area (Å²) in [5.74, 6) is 0. The second-order valence-corrected chi connectivity index (χ2v) is 3.98. The van der Waals surface area contributed by atoms with Crippen LogP contribution in [0.15, 0.2) is 48.7 Å². The Morgan fingerprint density at radius 3 is 2.67 bits per heavy atom. The van der Waals surface area contributed by atoms with Gasteiger partial charge in [0.2, 0.25) is 0 Å². The van der Waals surface area contributed by atoms with Crippen LogP contribution in [-0.2, 0) is 6.42 Å². The van der Waals surface area contributed by atoms with Gasteiger partial charge in [-0.3, -0.25) is 15.1 Å². The molecule has 0 aliphatic heterocycles. The molecule has 1 aromatic carbocycles. The second-order valence-electron chi connectivity index (χ2n) is 3.98. The minimum atomic E-state index is -0.431. The molecule has 1 atom stereocenters. The first-order valence-corrected chi connectivity index (χ1v) is 5.56. The molecule has 0 amide bonds. The summed E-state index contributed by atoms with van der Waals surface area (Å²) in [5.41, 5.74) is 7.70.